The number of aromatic nitrogens is 7. The van der Waals surface area contributed by atoms with Crippen molar-refractivity contribution >= 4 is 43.6 Å². The SMILES string of the molecule is CC(C)(C)c1ccc(-c2cc(-c3nc(-c4ccc(-c5ccccc5)cc4)nc(-c4ccc(-c5ccccc5)cc4)n3)cc(-c3ccccc3)c2-n2c3ccc(-c4ccccc4)cc3c3cc(-c4ccccc4)ccc32)cc1.CC(C)c1ccc(-c2cc(-c3cc(-c4ccccc4)nc(-c4ccccc4)n3)cc(-c3ccccc3)c2-n2c3ccc(-c4ccccc4)cc3c3cc(-c4ccccc4)ccc32)cc1. The Kier molecular flexibility index (Phi) is 23.5. The van der Waals surface area contributed by atoms with Gasteiger partial charge in [-0.15, -0.1) is 0 Å². The summed E-state index contributed by atoms with van der Waals surface area (Å²) in [4.78, 5) is 26.6. The average Bonchev–Trinajstić information content (AvgIpc) is 1.57. The number of nitrogens with zero attached hydrogens (tertiary/aromatic N) is 7. The summed E-state index contributed by atoms with van der Waals surface area (Å²) < 4.78 is 5.01. The van der Waals surface area contributed by atoms with E-state index in [-0.39, 0.29) is 5.41 Å². The van der Waals surface area contributed by atoms with Crippen LogP contribution in [0.1, 0.15) is 51.7 Å². The van der Waals surface area contributed by atoms with Crippen molar-refractivity contribution in [3.05, 3.63) is 515 Å². The summed E-state index contributed by atoms with van der Waals surface area (Å²) in [7, 11) is 0. The number of rotatable bonds is 19. The van der Waals surface area contributed by atoms with Gasteiger partial charge in [-0.2, -0.15) is 0 Å². The van der Waals surface area contributed by atoms with Gasteiger partial charge in [-0.3, -0.25) is 0 Å². The maximum atomic E-state index is 5.42. The molecule has 24 aromatic rings. The quantitative estimate of drug-likeness (QED) is 0.0806. The van der Waals surface area contributed by atoms with Crippen LogP contribution in [-0.4, -0.2) is 34.1 Å². The molecule has 0 aliphatic rings. The van der Waals surface area contributed by atoms with Crippen LogP contribution in [-0.2, 0) is 5.41 Å². The molecule has 670 valence electrons. The lowest BCUT2D eigenvalue weighted by Gasteiger charge is -2.22. The van der Waals surface area contributed by atoms with E-state index < -0.39 is 0 Å². The molecular formula is C134H99N7. The van der Waals surface area contributed by atoms with Gasteiger partial charge in [-0.25, -0.2) is 24.9 Å². The predicted molar refractivity (Wildman–Crippen MR) is 590 cm³/mol. The number of hydrogen-bond donors (Lipinski definition) is 0. The lowest BCUT2D eigenvalue weighted by molar-refractivity contribution is 0.590. The van der Waals surface area contributed by atoms with Crippen molar-refractivity contribution in [1.29, 1.82) is 0 Å². The molecule has 24 rings (SSSR count). The summed E-state index contributed by atoms with van der Waals surface area (Å²) in [5.74, 6) is 2.88. The van der Waals surface area contributed by atoms with Crippen LogP contribution >= 0.6 is 0 Å². The van der Waals surface area contributed by atoms with Crippen molar-refractivity contribution in [2.24, 2.45) is 0 Å². The molecule has 141 heavy (non-hydrogen) atoms. The zero-order valence-electron chi connectivity index (χ0n) is 79.1. The van der Waals surface area contributed by atoms with Gasteiger partial charge in [-0.1, -0.05) is 459 Å². The Morgan fingerprint density at radius 1 is 0.177 bits per heavy atom. The highest BCUT2D eigenvalue weighted by molar-refractivity contribution is 6.15. The fourth-order valence-corrected chi connectivity index (χ4v) is 19.8. The molecule has 0 saturated carbocycles. The highest BCUT2D eigenvalue weighted by Crippen LogP contribution is 2.50. The first-order chi connectivity index (χ1) is 69.3. The largest absolute Gasteiger partial charge is 0.308 e. The van der Waals surface area contributed by atoms with E-state index in [9.17, 15) is 0 Å². The third-order valence-electron chi connectivity index (χ3n) is 27.3. The fourth-order valence-electron chi connectivity index (χ4n) is 19.8. The number of hydrogen-bond acceptors (Lipinski definition) is 5. The van der Waals surface area contributed by atoms with Gasteiger partial charge in [0.15, 0.2) is 23.3 Å². The zero-order valence-corrected chi connectivity index (χ0v) is 79.1. The molecule has 0 fully saturated rings. The topological polar surface area (TPSA) is 74.3 Å². The molecular weight excluding hydrogens is 1710 g/mol. The maximum absolute atomic E-state index is 5.42. The van der Waals surface area contributed by atoms with E-state index >= 15 is 0 Å². The molecule has 0 N–H and O–H groups in total. The number of fused-ring (bicyclic) bond motifs is 6. The van der Waals surface area contributed by atoms with Crippen LogP contribution < -0.4 is 0 Å². The molecule has 7 nitrogen and oxygen atoms in total. The van der Waals surface area contributed by atoms with Crippen molar-refractivity contribution in [2.45, 2.75) is 46.0 Å². The zero-order chi connectivity index (χ0) is 94.9. The third-order valence-corrected chi connectivity index (χ3v) is 27.3. The Bertz CT molecular complexity index is 8300. The molecule has 7 heteroatoms. The van der Waals surface area contributed by atoms with Crippen LogP contribution in [0.5, 0.6) is 0 Å². The second-order valence-corrected chi connectivity index (χ2v) is 37.6. The molecule has 20 aromatic carbocycles. The molecule has 0 aliphatic heterocycles. The van der Waals surface area contributed by atoms with Gasteiger partial charge in [0.1, 0.15) is 0 Å². The average molecular weight is 1810 g/mol. The Morgan fingerprint density at radius 3 is 0.695 bits per heavy atom. The normalized spacial score (nSPS) is 11.5. The van der Waals surface area contributed by atoms with Gasteiger partial charge < -0.3 is 9.13 Å². The van der Waals surface area contributed by atoms with E-state index in [4.69, 9.17) is 24.9 Å². The molecule has 0 amide bonds. The van der Waals surface area contributed by atoms with Crippen LogP contribution in [0, 0.1) is 0 Å². The van der Waals surface area contributed by atoms with Gasteiger partial charge in [0.25, 0.3) is 0 Å². The summed E-state index contributed by atoms with van der Waals surface area (Å²) in [6.07, 6.45) is 0. The van der Waals surface area contributed by atoms with Crippen LogP contribution in [0.25, 0.3) is 234 Å². The molecule has 0 saturated heterocycles. The van der Waals surface area contributed by atoms with E-state index in [1.165, 1.54) is 77.2 Å². The van der Waals surface area contributed by atoms with Gasteiger partial charge in [-0.05, 0) is 190 Å². The molecule has 0 bridgehead atoms. The van der Waals surface area contributed by atoms with Crippen LogP contribution in [0.2, 0.25) is 0 Å². The van der Waals surface area contributed by atoms with E-state index in [2.05, 4.69) is 511 Å². The summed E-state index contributed by atoms with van der Waals surface area (Å²) >= 11 is 0. The molecule has 0 aliphatic carbocycles. The summed E-state index contributed by atoms with van der Waals surface area (Å²) in [6.45, 7) is 11.3. The first-order valence-electron chi connectivity index (χ1n) is 48.5. The van der Waals surface area contributed by atoms with Gasteiger partial charge in [0, 0.05) is 77.2 Å². The maximum Gasteiger partial charge on any atom is 0.164 e. The van der Waals surface area contributed by atoms with Gasteiger partial charge in [0.05, 0.1) is 44.8 Å². The summed E-state index contributed by atoms with van der Waals surface area (Å²) in [5, 5.41) is 4.77. The molecule has 0 unspecified atom stereocenters. The summed E-state index contributed by atoms with van der Waals surface area (Å²) in [5.41, 5.74) is 39.5. The van der Waals surface area contributed by atoms with E-state index in [1.807, 2.05) is 36.4 Å². The lowest BCUT2D eigenvalue weighted by Crippen LogP contribution is -2.10. The Morgan fingerprint density at radius 2 is 0.390 bits per heavy atom. The van der Waals surface area contributed by atoms with Crippen molar-refractivity contribution in [1.82, 2.24) is 34.1 Å². The van der Waals surface area contributed by atoms with E-state index in [0.717, 1.165) is 145 Å². The standard InChI is InChI=1S/C73H54N4.C61H45N3/c1-73(2,3)62-41-37-56(38-42-62)64-48-61(72-75-70(57-33-29-53(30-34-57)49-19-9-4-10-20-49)74-71(76-72)58-35-31-54(32-36-58)50-21-11-5-12-22-50)47-63(55-27-17-8-18-28-55)69(64)77-67-43-39-59(51-23-13-6-14-24-51)45-65(67)66-46-60(40-44-68(66)77)52-25-15-7-16-26-52;1-41(2)42-28-30-46(31-29-42)53-39-51(57-40-56(47-24-14-6-15-25-47)62-61(63-57)48-26-16-7-17-27-48)38-52(45-22-12-5-13-23-45)60(53)64-58-34-32-49(43-18-8-3-9-19-43)36-54(58)55-37-50(33-35-59(55)64)44-20-10-4-11-21-44/h4-48H,1-3H3;3-41H,1-2H3. The monoisotopic (exact) mass is 1810 g/mol. The minimum Gasteiger partial charge on any atom is -0.308 e. The first kappa shape index (κ1) is 87.2. The first-order valence-corrected chi connectivity index (χ1v) is 48.5. The van der Waals surface area contributed by atoms with Crippen molar-refractivity contribution in [3.8, 4) is 191 Å². The van der Waals surface area contributed by atoms with E-state index in [1.54, 1.807) is 0 Å². The minimum atomic E-state index is -0.0333. The van der Waals surface area contributed by atoms with Crippen LogP contribution in [0.4, 0.5) is 0 Å². The molecule has 0 radical (unpaired) electrons. The van der Waals surface area contributed by atoms with Crippen LogP contribution in [0.3, 0.4) is 0 Å². The van der Waals surface area contributed by atoms with Crippen molar-refractivity contribution in [3.63, 3.8) is 0 Å². The van der Waals surface area contributed by atoms with E-state index in [0.29, 0.717) is 29.2 Å². The molecule has 4 aromatic heterocycles. The minimum absolute atomic E-state index is 0.0333. The van der Waals surface area contributed by atoms with Gasteiger partial charge in [0.2, 0.25) is 0 Å². The van der Waals surface area contributed by atoms with Crippen molar-refractivity contribution < 1.29 is 0 Å². The smallest absolute Gasteiger partial charge is 0.164 e. The second-order valence-electron chi connectivity index (χ2n) is 37.6. The van der Waals surface area contributed by atoms with Crippen molar-refractivity contribution in [2.75, 3.05) is 0 Å². The third kappa shape index (κ3) is 17.6. The predicted octanol–water partition coefficient (Wildman–Crippen LogP) is 35.6. The molecule has 0 atom stereocenters. The van der Waals surface area contributed by atoms with Gasteiger partial charge >= 0.3 is 0 Å². The summed E-state index contributed by atoms with van der Waals surface area (Å²) in [6, 6.07) is 181. The Balaban J connectivity index is 0.000000160. The van der Waals surface area contributed by atoms with Crippen LogP contribution in [0.15, 0.2) is 504 Å². The highest BCUT2D eigenvalue weighted by atomic mass is 15.0. The number of benzene rings is 20. The second kappa shape index (κ2) is 38.0. The molecule has 0 spiro atoms. The fraction of sp³-hybridized carbons (Fsp3) is 0.0522. The molecule has 4 heterocycles. The highest BCUT2D eigenvalue weighted by Gasteiger charge is 2.29. The Labute approximate surface area is 823 Å². The Hall–Kier alpha value is -17.9. The lowest BCUT2D eigenvalue weighted by atomic mass is 9.85.